The minimum Gasteiger partial charge on any atom is -0.486 e. The fourth-order valence-electron chi connectivity index (χ4n) is 3.13. The molecular weight excluding hydrogens is 335 g/mol. The first-order valence-electron chi connectivity index (χ1n) is 8.87. The number of amides is 2. The van der Waals surface area contributed by atoms with Crippen LogP contribution in [0, 0.1) is 11.7 Å². The van der Waals surface area contributed by atoms with Crippen LogP contribution in [0.4, 0.5) is 9.18 Å². The zero-order valence-electron chi connectivity index (χ0n) is 14.3. The Balaban J connectivity index is 1.40. The largest absolute Gasteiger partial charge is 0.486 e. The zero-order valence-corrected chi connectivity index (χ0v) is 14.3. The van der Waals surface area contributed by atoms with Crippen molar-refractivity contribution in [1.82, 2.24) is 10.6 Å². The van der Waals surface area contributed by atoms with E-state index in [1.54, 1.807) is 12.1 Å². The summed E-state index contributed by atoms with van der Waals surface area (Å²) >= 11 is 0. The molecule has 1 unspecified atom stereocenters. The van der Waals surface area contributed by atoms with Gasteiger partial charge in [0.15, 0.2) is 11.5 Å². The van der Waals surface area contributed by atoms with E-state index < -0.39 is 0 Å². The summed E-state index contributed by atoms with van der Waals surface area (Å²) in [5.41, 5.74) is 1.87. The lowest BCUT2D eigenvalue weighted by molar-refractivity contribution is 0.171. The molecule has 26 heavy (non-hydrogen) atoms. The Hall–Kier alpha value is -2.76. The maximum absolute atomic E-state index is 12.9. The second-order valence-corrected chi connectivity index (χ2v) is 6.67. The van der Waals surface area contributed by atoms with Crippen molar-refractivity contribution in [2.24, 2.45) is 5.92 Å². The highest BCUT2D eigenvalue weighted by Gasteiger charge is 2.34. The average Bonchev–Trinajstić information content (AvgIpc) is 3.50. The molecule has 6 heteroatoms. The van der Waals surface area contributed by atoms with Gasteiger partial charge in [0.1, 0.15) is 19.0 Å². The van der Waals surface area contributed by atoms with Crippen molar-refractivity contribution in [1.29, 1.82) is 0 Å². The molecule has 2 amide bonds. The molecule has 1 atom stereocenters. The van der Waals surface area contributed by atoms with Crippen molar-refractivity contribution in [3.8, 4) is 11.5 Å². The molecule has 2 aromatic rings. The standard InChI is InChI=1S/C20H21FN2O3/c21-16-6-1-13(2-7-16)12-22-20(24)23-19(14-3-4-14)15-5-8-17-18(11-15)26-10-9-25-17/h1-2,5-8,11,14,19H,3-4,9-10,12H2,(H2,22,23,24). The molecule has 5 nitrogen and oxygen atoms in total. The highest BCUT2D eigenvalue weighted by Crippen LogP contribution is 2.43. The van der Waals surface area contributed by atoms with Gasteiger partial charge in [0.05, 0.1) is 6.04 Å². The Morgan fingerprint density at radius 2 is 1.81 bits per heavy atom. The molecule has 2 N–H and O–H groups in total. The molecule has 1 aliphatic heterocycles. The number of carbonyl (C=O) groups is 1. The molecule has 0 bridgehead atoms. The Morgan fingerprint density at radius 3 is 2.54 bits per heavy atom. The van der Waals surface area contributed by atoms with E-state index in [2.05, 4.69) is 10.6 Å². The van der Waals surface area contributed by atoms with E-state index in [1.165, 1.54) is 12.1 Å². The molecule has 2 aliphatic rings. The van der Waals surface area contributed by atoms with Crippen molar-refractivity contribution in [2.75, 3.05) is 13.2 Å². The quantitative estimate of drug-likeness (QED) is 0.861. The number of fused-ring (bicyclic) bond motifs is 1. The molecule has 2 aromatic carbocycles. The Bertz CT molecular complexity index is 790. The van der Waals surface area contributed by atoms with Gasteiger partial charge in [-0.05, 0) is 54.2 Å². The van der Waals surface area contributed by atoms with Gasteiger partial charge in [-0.15, -0.1) is 0 Å². The lowest BCUT2D eigenvalue weighted by Gasteiger charge is -2.23. The smallest absolute Gasteiger partial charge is 0.315 e. The van der Waals surface area contributed by atoms with Crippen molar-refractivity contribution in [2.45, 2.75) is 25.4 Å². The third kappa shape index (κ3) is 3.90. The molecule has 1 saturated carbocycles. The SMILES string of the molecule is O=C(NCc1ccc(F)cc1)NC(c1ccc2c(c1)OCCO2)C1CC1. The average molecular weight is 356 g/mol. The van der Waals surface area contributed by atoms with Crippen molar-refractivity contribution >= 4 is 6.03 Å². The first kappa shape index (κ1) is 16.7. The normalized spacial score (nSPS) is 16.7. The molecule has 1 heterocycles. The van der Waals surface area contributed by atoms with Crippen LogP contribution in [0.3, 0.4) is 0 Å². The molecule has 1 fully saturated rings. The van der Waals surface area contributed by atoms with Crippen LogP contribution in [0.1, 0.15) is 30.0 Å². The predicted molar refractivity (Wildman–Crippen MR) is 94.7 cm³/mol. The van der Waals surface area contributed by atoms with E-state index >= 15 is 0 Å². The van der Waals surface area contributed by atoms with Gasteiger partial charge < -0.3 is 20.1 Å². The van der Waals surface area contributed by atoms with Crippen LogP contribution in [0.2, 0.25) is 0 Å². The molecular formula is C20H21FN2O3. The van der Waals surface area contributed by atoms with Gasteiger partial charge in [0.25, 0.3) is 0 Å². The number of rotatable bonds is 5. The molecule has 0 radical (unpaired) electrons. The number of hydrogen-bond acceptors (Lipinski definition) is 3. The van der Waals surface area contributed by atoms with Gasteiger partial charge in [0, 0.05) is 6.54 Å². The second-order valence-electron chi connectivity index (χ2n) is 6.67. The van der Waals surface area contributed by atoms with E-state index in [-0.39, 0.29) is 17.9 Å². The van der Waals surface area contributed by atoms with Crippen LogP contribution in [0.25, 0.3) is 0 Å². The maximum Gasteiger partial charge on any atom is 0.315 e. The second kappa shape index (κ2) is 7.23. The highest BCUT2D eigenvalue weighted by atomic mass is 19.1. The van der Waals surface area contributed by atoms with Crippen LogP contribution in [0.15, 0.2) is 42.5 Å². The number of hydrogen-bond donors (Lipinski definition) is 2. The molecule has 0 spiro atoms. The lowest BCUT2D eigenvalue weighted by Crippen LogP contribution is -2.38. The Morgan fingerprint density at radius 1 is 1.08 bits per heavy atom. The van der Waals surface area contributed by atoms with Gasteiger partial charge in [-0.1, -0.05) is 18.2 Å². The number of urea groups is 1. The molecule has 1 aliphatic carbocycles. The molecule has 136 valence electrons. The lowest BCUT2D eigenvalue weighted by atomic mass is 10.0. The van der Waals surface area contributed by atoms with E-state index in [1.807, 2.05) is 18.2 Å². The summed E-state index contributed by atoms with van der Waals surface area (Å²) < 4.78 is 24.2. The van der Waals surface area contributed by atoms with Crippen molar-refractivity contribution in [3.63, 3.8) is 0 Å². The van der Waals surface area contributed by atoms with Crippen LogP contribution in [-0.4, -0.2) is 19.2 Å². The number of benzene rings is 2. The summed E-state index contributed by atoms with van der Waals surface area (Å²) in [6.45, 7) is 1.45. The summed E-state index contributed by atoms with van der Waals surface area (Å²) in [6.07, 6.45) is 2.19. The zero-order chi connectivity index (χ0) is 17.9. The third-order valence-corrected chi connectivity index (χ3v) is 4.67. The summed E-state index contributed by atoms with van der Waals surface area (Å²) in [6, 6.07) is 11.6. The van der Waals surface area contributed by atoms with Gasteiger partial charge in [-0.2, -0.15) is 0 Å². The third-order valence-electron chi connectivity index (χ3n) is 4.67. The first-order chi connectivity index (χ1) is 12.7. The van der Waals surface area contributed by atoms with Crippen molar-refractivity contribution in [3.05, 3.63) is 59.4 Å². The van der Waals surface area contributed by atoms with E-state index in [0.29, 0.717) is 25.7 Å². The highest BCUT2D eigenvalue weighted by molar-refractivity contribution is 5.74. The van der Waals surface area contributed by atoms with E-state index in [4.69, 9.17) is 9.47 Å². The Labute approximate surface area is 151 Å². The van der Waals surface area contributed by atoms with E-state index in [9.17, 15) is 9.18 Å². The van der Waals surface area contributed by atoms with Gasteiger partial charge in [-0.25, -0.2) is 9.18 Å². The summed E-state index contributed by atoms with van der Waals surface area (Å²) in [4.78, 5) is 12.3. The van der Waals surface area contributed by atoms with Crippen LogP contribution in [-0.2, 0) is 6.54 Å². The monoisotopic (exact) mass is 356 g/mol. The predicted octanol–water partition coefficient (Wildman–Crippen LogP) is 3.55. The molecule has 0 saturated heterocycles. The fraction of sp³-hybridized carbons (Fsp3) is 0.350. The van der Waals surface area contributed by atoms with Gasteiger partial charge >= 0.3 is 6.03 Å². The summed E-state index contributed by atoms with van der Waals surface area (Å²) in [5.74, 6) is 1.63. The number of halogens is 1. The van der Waals surface area contributed by atoms with E-state index in [0.717, 1.165) is 35.5 Å². The van der Waals surface area contributed by atoms with Crippen molar-refractivity contribution < 1.29 is 18.7 Å². The number of ether oxygens (including phenoxy) is 2. The first-order valence-corrected chi connectivity index (χ1v) is 8.87. The van der Waals surface area contributed by atoms with Crippen LogP contribution < -0.4 is 20.1 Å². The summed E-state index contributed by atoms with van der Waals surface area (Å²) in [7, 11) is 0. The van der Waals surface area contributed by atoms with Crippen LogP contribution >= 0.6 is 0 Å². The molecule has 0 aromatic heterocycles. The maximum atomic E-state index is 12.9. The minimum absolute atomic E-state index is 0.0564. The molecule has 4 rings (SSSR count). The number of carbonyl (C=O) groups excluding carboxylic acids is 1. The van der Waals surface area contributed by atoms with Gasteiger partial charge in [0.2, 0.25) is 0 Å². The minimum atomic E-state index is -0.286. The van der Waals surface area contributed by atoms with Crippen LogP contribution in [0.5, 0.6) is 11.5 Å². The topological polar surface area (TPSA) is 59.6 Å². The number of nitrogens with one attached hydrogen (secondary N) is 2. The van der Waals surface area contributed by atoms with Gasteiger partial charge in [-0.3, -0.25) is 0 Å². The summed E-state index contributed by atoms with van der Waals surface area (Å²) in [5, 5.41) is 5.90. The Kier molecular flexibility index (Phi) is 4.65. The fourth-order valence-corrected chi connectivity index (χ4v) is 3.13.